The van der Waals surface area contributed by atoms with Crippen LogP contribution in [0.4, 0.5) is 11.6 Å². The van der Waals surface area contributed by atoms with E-state index in [0.717, 1.165) is 17.3 Å². The van der Waals surface area contributed by atoms with Crippen LogP contribution in [-0.4, -0.2) is 19.9 Å². The van der Waals surface area contributed by atoms with Gasteiger partial charge in [0.1, 0.15) is 0 Å². The molecule has 1 heterocycles. The van der Waals surface area contributed by atoms with Crippen LogP contribution in [0.25, 0.3) is 0 Å². The second-order valence-electron chi connectivity index (χ2n) is 5.57. The van der Waals surface area contributed by atoms with E-state index >= 15 is 0 Å². The van der Waals surface area contributed by atoms with E-state index in [-0.39, 0.29) is 4.75 Å². The number of benzene rings is 1. The van der Waals surface area contributed by atoms with Crippen LogP contribution in [-0.2, 0) is 0 Å². The van der Waals surface area contributed by atoms with E-state index in [9.17, 15) is 0 Å². The van der Waals surface area contributed by atoms with Crippen LogP contribution < -0.4 is 5.32 Å². The van der Waals surface area contributed by atoms with E-state index in [1.54, 1.807) is 11.8 Å². The van der Waals surface area contributed by atoms with Gasteiger partial charge in [-0.15, -0.1) is 5.10 Å². The van der Waals surface area contributed by atoms with E-state index in [1.807, 2.05) is 0 Å². The van der Waals surface area contributed by atoms with Crippen LogP contribution in [0.15, 0.2) is 23.4 Å². The number of aromatic amines is 1. The predicted octanol–water partition coefficient (Wildman–Crippen LogP) is 4.45. The molecule has 2 rings (SSSR count). The van der Waals surface area contributed by atoms with Gasteiger partial charge in [-0.05, 0) is 31.4 Å². The van der Waals surface area contributed by atoms with Crippen molar-refractivity contribution in [2.24, 2.45) is 0 Å². The maximum Gasteiger partial charge on any atom is 0.224 e. The normalized spacial score (nSPS) is 11.7. The minimum Gasteiger partial charge on any atom is -0.324 e. The minimum atomic E-state index is 0.151. The number of thioether (sulfide) groups is 1. The Labute approximate surface area is 124 Å². The average Bonchev–Trinajstić information content (AvgIpc) is 2.81. The van der Waals surface area contributed by atoms with Crippen molar-refractivity contribution in [2.75, 3.05) is 5.32 Å². The first kappa shape index (κ1) is 14.9. The molecule has 0 atom stereocenters. The molecule has 0 unspecified atom stereocenters. The number of aryl methyl sites for hydroxylation is 2. The van der Waals surface area contributed by atoms with Crippen LogP contribution >= 0.6 is 11.8 Å². The summed E-state index contributed by atoms with van der Waals surface area (Å²) in [5.41, 5.74) is 3.49. The Morgan fingerprint density at radius 1 is 1.25 bits per heavy atom. The van der Waals surface area contributed by atoms with Gasteiger partial charge in [0.2, 0.25) is 11.1 Å². The maximum absolute atomic E-state index is 4.51. The van der Waals surface area contributed by atoms with E-state index in [2.05, 4.69) is 73.3 Å². The molecule has 0 saturated carbocycles. The minimum absolute atomic E-state index is 0.151. The lowest BCUT2D eigenvalue weighted by atomic mass is 10.1. The first-order valence-electron chi connectivity index (χ1n) is 6.86. The third-order valence-corrected chi connectivity index (χ3v) is 4.61. The first-order valence-corrected chi connectivity index (χ1v) is 7.67. The zero-order chi connectivity index (χ0) is 14.8. The Kier molecular flexibility index (Phi) is 4.38. The molecule has 1 aromatic carbocycles. The molecule has 5 heteroatoms. The lowest BCUT2D eigenvalue weighted by Gasteiger charge is -2.18. The van der Waals surface area contributed by atoms with Crippen molar-refractivity contribution in [3.63, 3.8) is 0 Å². The van der Waals surface area contributed by atoms with Crippen LogP contribution in [0.2, 0.25) is 0 Å². The zero-order valence-corrected chi connectivity index (χ0v) is 13.6. The van der Waals surface area contributed by atoms with Crippen molar-refractivity contribution in [1.29, 1.82) is 0 Å². The fraction of sp³-hybridized carbons (Fsp3) is 0.467. The summed E-state index contributed by atoms with van der Waals surface area (Å²) in [6, 6.07) is 6.23. The molecule has 1 aromatic heterocycles. The summed E-state index contributed by atoms with van der Waals surface area (Å²) in [5.74, 6) is 0.691. The monoisotopic (exact) mass is 290 g/mol. The largest absolute Gasteiger partial charge is 0.324 e. The van der Waals surface area contributed by atoms with Crippen LogP contribution in [0.5, 0.6) is 0 Å². The van der Waals surface area contributed by atoms with Crippen LogP contribution in [0, 0.1) is 13.8 Å². The van der Waals surface area contributed by atoms with Gasteiger partial charge < -0.3 is 5.32 Å². The molecule has 0 aliphatic heterocycles. The van der Waals surface area contributed by atoms with Gasteiger partial charge in [-0.1, -0.05) is 50.7 Å². The van der Waals surface area contributed by atoms with Gasteiger partial charge >= 0.3 is 0 Å². The van der Waals surface area contributed by atoms with Gasteiger partial charge in [-0.25, -0.2) is 5.10 Å². The number of hydrogen-bond donors (Lipinski definition) is 2. The SMILES string of the molecule is CCC(C)(C)Sc1n[nH]c(Nc2c(C)cccc2C)n1. The van der Waals surface area contributed by atoms with Crippen molar-refractivity contribution >= 4 is 23.4 Å². The molecule has 0 radical (unpaired) electrons. The highest BCUT2D eigenvalue weighted by Gasteiger charge is 2.19. The number of nitrogens with one attached hydrogen (secondary N) is 2. The van der Waals surface area contributed by atoms with Crippen LogP contribution in [0.1, 0.15) is 38.3 Å². The van der Waals surface area contributed by atoms with Gasteiger partial charge in [0, 0.05) is 10.4 Å². The Hall–Kier alpha value is -1.49. The number of para-hydroxylation sites is 1. The maximum atomic E-state index is 4.51. The van der Waals surface area contributed by atoms with Gasteiger partial charge in [0.15, 0.2) is 0 Å². The Morgan fingerprint density at radius 2 is 1.90 bits per heavy atom. The molecule has 20 heavy (non-hydrogen) atoms. The second kappa shape index (κ2) is 5.87. The molecule has 2 aromatic rings. The molecule has 0 saturated heterocycles. The standard InChI is InChI=1S/C15H22N4S/c1-6-15(4,5)20-14-17-13(18-19-14)16-12-10(2)8-7-9-11(12)3/h7-9H,6H2,1-5H3,(H2,16,17,18,19). The molecule has 0 spiro atoms. The van der Waals surface area contributed by atoms with Gasteiger partial charge in [0.25, 0.3) is 0 Å². The van der Waals surface area contributed by atoms with Gasteiger partial charge in [-0.3, -0.25) is 0 Å². The van der Waals surface area contributed by atoms with Crippen molar-refractivity contribution < 1.29 is 0 Å². The van der Waals surface area contributed by atoms with Crippen molar-refractivity contribution in [3.8, 4) is 0 Å². The number of rotatable bonds is 5. The molecular weight excluding hydrogens is 268 g/mol. The summed E-state index contributed by atoms with van der Waals surface area (Å²) < 4.78 is 0.151. The van der Waals surface area contributed by atoms with Gasteiger partial charge in [-0.2, -0.15) is 4.98 Å². The third kappa shape index (κ3) is 3.54. The number of nitrogens with zero attached hydrogens (tertiary/aromatic N) is 2. The molecule has 2 N–H and O–H groups in total. The van der Waals surface area contributed by atoms with Crippen LogP contribution in [0.3, 0.4) is 0 Å². The van der Waals surface area contributed by atoms with Crippen molar-refractivity contribution in [1.82, 2.24) is 15.2 Å². The number of H-pyrrole nitrogens is 1. The summed E-state index contributed by atoms with van der Waals surface area (Å²) in [5, 5.41) is 11.3. The first-order chi connectivity index (χ1) is 9.41. The lowest BCUT2D eigenvalue weighted by molar-refractivity contribution is 0.680. The summed E-state index contributed by atoms with van der Waals surface area (Å²) in [6.45, 7) is 10.7. The Morgan fingerprint density at radius 3 is 2.50 bits per heavy atom. The van der Waals surface area contributed by atoms with E-state index < -0.39 is 0 Å². The average molecular weight is 290 g/mol. The molecule has 108 valence electrons. The second-order valence-corrected chi connectivity index (χ2v) is 7.25. The number of aromatic nitrogens is 3. The van der Waals surface area contributed by atoms with E-state index in [1.165, 1.54) is 11.1 Å². The highest BCUT2D eigenvalue weighted by atomic mass is 32.2. The van der Waals surface area contributed by atoms with Crippen molar-refractivity contribution in [3.05, 3.63) is 29.3 Å². The summed E-state index contributed by atoms with van der Waals surface area (Å²) >= 11 is 1.69. The topological polar surface area (TPSA) is 53.6 Å². The Bertz CT molecular complexity index is 569. The molecule has 4 nitrogen and oxygen atoms in total. The molecule has 0 aliphatic rings. The molecular formula is C15H22N4S. The third-order valence-electron chi connectivity index (χ3n) is 3.41. The summed E-state index contributed by atoms with van der Waals surface area (Å²) in [6.07, 6.45) is 1.08. The number of hydrogen-bond acceptors (Lipinski definition) is 4. The highest BCUT2D eigenvalue weighted by molar-refractivity contribution is 8.00. The number of anilines is 2. The summed E-state index contributed by atoms with van der Waals surface area (Å²) in [7, 11) is 0. The Balaban J connectivity index is 2.14. The quantitative estimate of drug-likeness (QED) is 0.799. The smallest absolute Gasteiger partial charge is 0.224 e. The van der Waals surface area contributed by atoms with Gasteiger partial charge in [0.05, 0.1) is 0 Å². The zero-order valence-electron chi connectivity index (χ0n) is 12.7. The molecule has 0 aliphatic carbocycles. The summed E-state index contributed by atoms with van der Waals surface area (Å²) in [4.78, 5) is 4.51. The highest BCUT2D eigenvalue weighted by Crippen LogP contribution is 2.33. The fourth-order valence-corrected chi connectivity index (χ4v) is 2.66. The fourth-order valence-electron chi connectivity index (χ4n) is 1.80. The molecule has 0 fully saturated rings. The van der Waals surface area contributed by atoms with Crippen molar-refractivity contribution in [2.45, 2.75) is 50.9 Å². The van der Waals surface area contributed by atoms with E-state index in [0.29, 0.717) is 5.95 Å². The molecule has 0 amide bonds. The lowest BCUT2D eigenvalue weighted by Crippen LogP contribution is -2.12. The molecule has 0 bridgehead atoms. The van der Waals surface area contributed by atoms with E-state index in [4.69, 9.17) is 0 Å². The predicted molar refractivity (Wildman–Crippen MR) is 85.8 cm³/mol.